The van der Waals surface area contributed by atoms with Gasteiger partial charge < -0.3 is 14.9 Å². The molecule has 0 heterocycles. The third-order valence-electron chi connectivity index (χ3n) is 3.37. The number of Topliss-reactive ketones (excluding diaryl/α,β-unsaturated/α-hetero) is 1. The predicted molar refractivity (Wildman–Crippen MR) is 79.5 cm³/mol. The van der Waals surface area contributed by atoms with E-state index in [1.807, 2.05) is 6.92 Å². The molecule has 1 aliphatic rings. The molecular formula is C17H20O4. The summed E-state index contributed by atoms with van der Waals surface area (Å²) in [5.41, 5.74) is 0.448. The van der Waals surface area contributed by atoms with Crippen molar-refractivity contribution in [1.29, 1.82) is 0 Å². The van der Waals surface area contributed by atoms with E-state index in [1.54, 1.807) is 36.4 Å². The number of rotatable bonds is 6. The number of carbonyl (C=O) groups is 1. The van der Waals surface area contributed by atoms with Crippen molar-refractivity contribution in [1.82, 2.24) is 0 Å². The van der Waals surface area contributed by atoms with Crippen molar-refractivity contribution in [2.75, 3.05) is 6.61 Å². The molecule has 0 aromatic heterocycles. The van der Waals surface area contributed by atoms with Crippen LogP contribution in [0.3, 0.4) is 0 Å². The number of ether oxygens (including phenoxy) is 1. The molecule has 1 aromatic rings. The number of carbonyl (C=O) groups excluding carboxylic acids is 1. The van der Waals surface area contributed by atoms with Gasteiger partial charge in [0.05, 0.1) is 12.5 Å². The van der Waals surface area contributed by atoms with Gasteiger partial charge in [0.15, 0.2) is 5.78 Å². The van der Waals surface area contributed by atoms with Gasteiger partial charge in [0.1, 0.15) is 5.76 Å². The largest absolute Gasteiger partial charge is 0.494 e. The van der Waals surface area contributed by atoms with Crippen molar-refractivity contribution in [3.8, 4) is 0 Å². The van der Waals surface area contributed by atoms with E-state index in [2.05, 4.69) is 0 Å². The summed E-state index contributed by atoms with van der Waals surface area (Å²) in [6.45, 7) is 2.56. The number of ketones is 1. The molecule has 1 aromatic carbocycles. The Labute approximate surface area is 124 Å². The van der Waals surface area contributed by atoms with Gasteiger partial charge in [0.2, 0.25) is 5.79 Å². The minimum atomic E-state index is -2.23. The smallest absolute Gasteiger partial charge is 0.200 e. The number of unbranched alkanes of at least 4 members (excludes halogenated alkanes) is 1. The first-order valence-corrected chi connectivity index (χ1v) is 7.12. The number of aliphatic hydroxyl groups is 2. The molecule has 112 valence electrons. The van der Waals surface area contributed by atoms with E-state index >= 15 is 0 Å². The second-order valence-corrected chi connectivity index (χ2v) is 5.10. The Hall–Kier alpha value is -1.91. The highest BCUT2D eigenvalue weighted by Crippen LogP contribution is 2.28. The van der Waals surface area contributed by atoms with E-state index in [4.69, 9.17) is 4.74 Å². The number of allylic oxidation sites excluding steroid dienone is 1. The number of hydrogen-bond acceptors (Lipinski definition) is 4. The van der Waals surface area contributed by atoms with Gasteiger partial charge >= 0.3 is 0 Å². The van der Waals surface area contributed by atoms with Gasteiger partial charge in [-0.2, -0.15) is 0 Å². The molecule has 1 aliphatic carbocycles. The van der Waals surface area contributed by atoms with E-state index in [0.29, 0.717) is 17.9 Å². The SMILES string of the molecule is CCCCOC1=CC(O)(O)C(C(=O)c2ccccc2)C=C1. The lowest BCUT2D eigenvalue weighted by Crippen LogP contribution is -2.41. The zero-order valence-electron chi connectivity index (χ0n) is 12.0. The standard InChI is InChI=1S/C17H20O4/c1-2-3-11-21-14-9-10-15(17(19,20)12-14)16(18)13-7-5-4-6-8-13/h4-10,12,15,19-20H,2-3,11H2,1H3. The van der Waals surface area contributed by atoms with Crippen LogP contribution in [0.4, 0.5) is 0 Å². The fourth-order valence-electron chi connectivity index (χ4n) is 2.17. The molecular weight excluding hydrogens is 268 g/mol. The monoisotopic (exact) mass is 288 g/mol. The van der Waals surface area contributed by atoms with E-state index in [1.165, 1.54) is 12.2 Å². The van der Waals surface area contributed by atoms with E-state index in [0.717, 1.165) is 12.8 Å². The van der Waals surface area contributed by atoms with E-state index in [9.17, 15) is 15.0 Å². The zero-order chi connectivity index (χ0) is 15.3. The Balaban J connectivity index is 2.11. The van der Waals surface area contributed by atoms with Crippen LogP contribution in [0.15, 0.2) is 54.3 Å². The molecule has 2 N–H and O–H groups in total. The lowest BCUT2D eigenvalue weighted by molar-refractivity contribution is -0.139. The van der Waals surface area contributed by atoms with Crippen LogP contribution < -0.4 is 0 Å². The summed E-state index contributed by atoms with van der Waals surface area (Å²) in [6.07, 6.45) is 6.17. The number of benzene rings is 1. The van der Waals surface area contributed by atoms with Crippen LogP contribution >= 0.6 is 0 Å². The minimum absolute atomic E-state index is 0.333. The van der Waals surface area contributed by atoms with Crippen LogP contribution in [-0.4, -0.2) is 28.4 Å². The third kappa shape index (κ3) is 3.80. The molecule has 0 amide bonds. The first-order valence-electron chi connectivity index (χ1n) is 7.12. The number of hydrogen-bond donors (Lipinski definition) is 2. The summed E-state index contributed by atoms with van der Waals surface area (Å²) in [4.78, 5) is 12.3. The Morgan fingerprint density at radius 3 is 2.62 bits per heavy atom. The quantitative estimate of drug-likeness (QED) is 0.479. The molecule has 0 radical (unpaired) electrons. The molecule has 0 saturated carbocycles. The fourth-order valence-corrected chi connectivity index (χ4v) is 2.17. The zero-order valence-corrected chi connectivity index (χ0v) is 12.0. The van der Waals surface area contributed by atoms with Crippen molar-refractivity contribution in [3.05, 3.63) is 59.9 Å². The van der Waals surface area contributed by atoms with Gasteiger partial charge in [0.25, 0.3) is 0 Å². The molecule has 0 saturated heterocycles. The summed E-state index contributed by atoms with van der Waals surface area (Å²) in [6, 6.07) is 8.60. The van der Waals surface area contributed by atoms with Crippen LogP contribution in [0.5, 0.6) is 0 Å². The van der Waals surface area contributed by atoms with Crippen LogP contribution in [0, 0.1) is 5.92 Å². The average molecular weight is 288 g/mol. The normalized spacial score (nSPS) is 20.0. The van der Waals surface area contributed by atoms with Crippen LogP contribution in [0.25, 0.3) is 0 Å². The van der Waals surface area contributed by atoms with Crippen LogP contribution in [0.1, 0.15) is 30.1 Å². The lowest BCUT2D eigenvalue weighted by Gasteiger charge is -2.29. The first-order chi connectivity index (χ1) is 10.0. The van der Waals surface area contributed by atoms with Crippen molar-refractivity contribution >= 4 is 5.78 Å². The molecule has 0 fully saturated rings. The maximum Gasteiger partial charge on any atom is 0.200 e. The highest BCUT2D eigenvalue weighted by Gasteiger charge is 2.39. The van der Waals surface area contributed by atoms with Gasteiger partial charge in [-0.1, -0.05) is 49.8 Å². The molecule has 1 atom stereocenters. The lowest BCUT2D eigenvalue weighted by atomic mass is 9.86. The second kappa shape index (κ2) is 6.70. The highest BCUT2D eigenvalue weighted by molar-refractivity contribution is 5.99. The maximum absolute atomic E-state index is 12.3. The van der Waals surface area contributed by atoms with Gasteiger partial charge in [-0.15, -0.1) is 0 Å². The molecule has 21 heavy (non-hydrogen) atoms. The molecule has 1 unspecified atom stereocenters. The second-order valence-electron chi connectivity index (χ2n) is 5.10. The van der Waals surface area contributed by atoms with Gasteiger partial charge in [0, 0.05) is 11.6 Å². The Morgan fingerprint density at radius 2 is 2.00 bits per heavy atom. The molecule has 4 nitrogen and oxygen atoms in total. The molecule has 0 bridgehead atoms. The Kier molecular flexibility index (Phi) is 4.94. The summed E-state index contributed by atoms with van der Waals surface area (Å²) < 4.78 is 5.44. The molecule has 2 rings (SSSR count). The highest BCUT2D eigenvalue weighted by atomic mass is 16.5. The Bertz CT molecular complexity index is 543. The van der Waals surface area contributed by atoms with Crippen LogP contribution in [0.2, 0.25) is 0 Å². The third-order valence-corrected chi connectivity index (χ3v) is 3.37. The summed E-state index contributed by atoms with van der Waals surface area (Å²) in [7, 11) is 0. The van der Waals surface area contributed by atoms with Crippen LogP contribution in [-0.2, 0) is 4.74 Å². The molecule has 4 heteroatoms. The first kappa shape index (κ1) is 15.5. The van der Waals surface area contributed by atoms with Gasteiger partial charge in [-0.3, -0.25) is 4.79 Å². The molecule has 0 aliphatic heterocycles. The summed E-state index contributed by atoms with van der Waals surface area (Å²) >= 11 is 0. The summed E-state index contributed by atoms with van der Waals surface area (Å²) in [5, 5.41) is 20.2. The van der Waals surface area contributed by atoms with Gasteiger partial charge in [-0.05, 0) is 12.5 Å². The maximum atomic E-state index is 12.3. The van der Waals surface area contributed by atoms with E-state index in [-0.39, 0.29) is 5.78 Å². The molecule has 0 spiro atoms. The van der Waals surface area contributed by atoms with Crippen molar-refractivity contribution in [2.24, 2.45) is 5.92 Å². The summed E-state index contributed by atoms with van der Waals surface area (Å²) in [5.74, 6) is -3.21. The van der Waals surface area contributed by atoms with Crippen molar-refractivity contribution < 1.29 is 19.7 Å². The fraction of sp³-hybridized carbons (Fsp3) is 0.353. The van der Waals surface area contributed by atoms with Crippen molar-refractivity contribution in [3.63, 3.8) is 0 Å². The van der Waals surface area contributed by atoms with Gasteiger partial charge in [-0.25, -0.2) is 0 Å². The topological polar surface area (TPSA) is 66.8 Å². The van der Waals surface area contributed by atoms with Crippen molar-refractivity contribution in [2.45, 2.75) is 25.6 Å². The minimum Gasteiger partial charge on any atom is -0.494 e. The average Bonchev–Trinajstić information content (AvgIpc) is 2.47. The predicted octanol–water partition coefficient (Wildman–Crippen LogP) is 2.44. The Morgan fingerprint density at radius 1 is 1.29 bits per heavy atom. The van der Waals surface area contributed by atoms with E-state index < -0.39 is 11.7 Å².